The van der Waals surface area contributed by atoms with Crippen LogP contribution in [0.3, 0.4) is 0 Å². The average Bonchev–Trinajstić information content (AvgIpc) is 2.40. The Morgan fingerprint density at radius 2 is 2.06 bits per heavy atom. The smallest absolute Gasteiger partial charge is 0.310 e. The van der Waals surface area contributed by atoms with Crippen molar-refractivity contribution in [3.05, 3.63) is 29.8 Å². The van der Waals surface area contributed by atoms with Crippen LogP contribution in [-0.4, -0.2) is 11.3 Å². The Kier molecular flexibility index (Phi) is 4.65. The number of carbonyl (C=O) groups excluding carboxylic acids is 1. The number of rotatable bonds is 3. The maximum absolute atomic E-state index is 11.4. The fourth-order valence-corrected chi connectivity index (χ4v) is 2.93. The van der Waals surface area contributed by atoms with Crippen LogP contribution in [0.5, 0.6) is 5.75 Å². The molecule has 0 N–H and O–H groups in total. The lowest BCUT2D eigenvalue weighted by atomic mass is 9.83. The zero-order valence-electron chi connectivity index (χ0n) is 10.7. The average molecular weight is 267 g/mol. The molecule has 3 heteroatoms. The molecule has 0 amide bonds. The molecule has 1 aromatic rings. The van der Waals surface area contributed by atoms with Crippen LogP contribution in [0.25, 0.3) is 0 Å². The zero-order valence-corrected chi connectivity index (χ0v) is 11.5. The topological polar surface area (TPSA) is 26.3 Å². The fourth-order valence-electron chi connectivity index (χ4n) is 2.51. The van der Waals surface area contributed by atoms with Gasteiger partial charge >= 0.3 is 5.97 Å². The lowest BCUT2D eigenvalue weighted by molar-refractivity contribution is -0.134. The van der Waals surface area contributed by atoms with Crippen LogP contribution in [0.1, 0.15) is 50.5 Å². The first-order valence-electron chi connectivity index (χ1n) is 6.66. The zero-order chi connectivity index (χ0) is 13.0. The molecule has 1 aromatic carbocycles. The van der Waals surface area contributed by atoms with E-state index in [-0.39, 0.29) is 11.3 Å². The molecule has 1 saturated carbocycles. The number of esters is 1. The van der Waals surface area contributed by atoms with Gasteiger partial charge in [0.25, 0.3) is 0 Å². The molecule has 98 valence electrons. The van der Waals surface area contributed by atoms with Crippen molar-refractivity contribution >= 4 is 17.6 Å². The van der Waals surface area contributed by atoms with Crippen molar-refractivity contribution in [3.63, 3.8) is 0 Å². The summed E-state index contributed by atoms with van der Waals surface area (Å²) in [4.78, 5) is 11.4. The van der Waals surface area contributed by atoms with Gasteiger partial charge in [0.15, 0.2) is 0 Å². The Bertz CT molecular complexity index is 417. The van der Waals surface area contributed by atoms with E-state index in [0.717, 1.165) is 18.4 Å². The number of hydrogen-bond acceptors (Lipinski definition) is 2. The summed E-state index contributed by atoms with van der Waals surface area (Å²) in [5.74, 6) is 0.799. The van der Waals surface area contributed by atoms with Crippen LogP contribution >= 0.6 is 11.6 Å². The summed E-state index contributed by atoms with van der Waals surface area (Å²) in [6, 6.07) is 7.77. The maximum atomic E-state index is 11.4. The predicted octanol–water partition coefficient (Wildman–Crippen LogP) is 4.27. The van der Waals surface area contributed by atoms with E-state index in [1.807, 2.05) is 24.3 Å². The highest BCUT2D eigenvalue weighted by atomic mass is 35.5. The quantitative estimate of drug-likeness (QED) is 0.464. The van der Waals surface area contributed by atoms with E-state index in [1.54, 1.807) is 6.92 Å². The Morgan fingerprint density at radius 3 is 2.78 bits per heavy atom. The number of hydrogen-bond donors (Lipinski definition) is 0. The largest absolute Gasteiger partial charge is 0.426 e. The molecular weight excluding hydrogens is 248 g/mol. The molecule has 0 spiro atoms. The Balaban J connectivity index is 2.23. The molecule has 2 atom stereocenters. The van der Waals surface area contributed by atoms with Crippen LogP contribution in [-0.2, 0) is 4.79 Å². The Hall–Kier alpha value is -1.02. The lowest BCUT2D eigenvalue weighted by Gasteiger charge is -2.28. The monoisotopic (exact) mass is 266 g/mol. The van der Waals surface area contributed by atoms with Gasteiger partial charge in [0.05, 0.1) is 0 Å². The third kappa shape index (κ3) is 3.05. The number of carbonyl (C=O) groups is 1. The molecule has 1 aliphatic rings. The maximum Gasteiger partial charge on any atom is 0.310 e. The lowest BCUT2D eigenvalue weighted by Crippen LogP contribution is -2.19. The van der Waals surface area contributed by atoms with E-state index < -0.39 is 0 Å². The van der Waals surface area contributed by atoms with Crippen molar-refractivity contribution in [1.29, 1.82) is 0 Å². The van der Waals surface area contributed by atoms with Gasteiger partial charge in [-0.1, -0.05) is 38.0 Å². The van der Waals surface area contributed by atoms with E-state index in [2.05, 4.69) is 0 Å². The van der Waals surface area contributed by atoms with Gasteiger partial charge in [0, 0.05) is 17.7 Å². The Morgan fingerprint density at radius 1 is 1.33 bits per heavy atom. The SMILES string of the molecule is CCC(=O)Oc1ccccc1C1CCCCC1Cl. The highest BCUT2D eigenvalue weighted by molar-refractivity contribution is 6.21. The molecule has 0 radical (unpaired) electrons. The number of ether oxygens (including phenoxy) is 1. The highest BCUT2D eigenvalue weighted by Gasteiger charge is 2.27. The molecule has 0 bridgehead atoms. The molecule has 0 aliphatic heterocycles. The van der Waals surface area contributed by atoms with E-state index >= 15 is 0 Å². The van der Waals surface area contributed by atoms with Gasteiger partial charge in [-0.25, -0.2) is 0 Å². The van der Waals surface area contributed by atoms with Gasteiger partial charge in [0.1, 0.15) is 5.75 Å². The summed E-state index contributed by atoms with van der Waals surface area (Å²) in [5.41, 5.74) is 1.08. The van der Waals surface area contributed by atoms with Crippen LogP contribution in [0.15, 0.2) is 24.3 Å². The van der Waals surface area contributed by atoms with Crippen molar-refractivity contribution in [1.82, 2.24) is 0 Å². The first kappa shape index (κ1) is 13.4. The predicted molar refractivity (Wildman–Crippen MR) is 73.2 cm³/mol. The van der Waals surface area contributed by atoms with Crippen LogP contribution in [0.2, 0.25) is 0 Å². The molecule has 2 unspecified atom stereocenters. The molecular formula is C15H19ClO2. The standard InChI is InChI=1S/C15H19ClO2/c1-2-15(17)18-14-10-6-4-8-12(14)11-7-3-5-9-13(11)16/h4,6,8,10-11,13H,2-3,5,7,9H2,1H3. The fraction of sp³-hybridized carbons (Fsp3) is 0.533. The minimum atomic E-state index is -0.190. The Labute approximate surface area is 113 Å². The van der Waals surface area contributed by atoms with Crippen molar-refractivity contribution < 1.29 is 9.53 Å². The summed E-state index contributed by atoms with van der Waals surface area (Å²) in [7, 11) is 0. The number of benzene rings is 1. The van der Waals surface area contributed by atoms with Crippen molar-refractivity contribution in [2.24, 2.45) is 0 Å². The summed E-state index contributed by atoms with van der Waals surface area (Å²) in [5, 5.41) is 0.153. The first-order valence-corrected chi connectivity index (χ1v) is 7.09. The van der Waals surface area contributed by atoms with Crippen LogP contribution in [0, 0.1) is 0 Å². The molecule has 2 nitrogen and oxygen atoms in total. The second-order valence-electron chi connectivity index (χ2n) is 4.77. The minimum Gasteiger partial charge on any atom is -0.426 e. The van der Waals surface area contributed by atoms with Gasteiger partial charge in [-0.2, -0.15) is 0 Å². The second-order valence-corrected chi connectivity index (χ2v) is 5.33. The summed E-state index contributed by atoms with van der Waals surface area (Å²) >= 11 is 6.42. The van der Waals surface area contributed by atoms with Gasteiger partial charge < -0.3 is 4.74 Å². The van der Waals surface area contributed by atoms with E-state index in [0.29, 0.717) is 18.1 Å². The number of halogens is 1. The van der Waals surface area contributed by atoms with Crippen LogP contribution < -0.4 is 4.74 Å². The van der Waals surface area contributed by atoms with E-state index in [4.69, 9.17) is 16.3 Å². The number of alkyl halides is 1. The molecule has 18 heavy (non-hydrogen) atoms. The van der Waals surface area contributed by atoms with Gasteiger partial charge in [0.2, 0.25) is 0 Å². The molecule has 0 aromatic heterocycles. The summed E-state index contributed by atoms with van der Waals surface area (Å²) in [6.45, 7) is 1.80. The third-order valence-corrected chi connectivity index (χ3v) is 4.03. The minimum absolute atomic E-state index is 0.153. The molecule has 0 saturated heterocycles. The molecule has 2 rings (SSSR count). The molecule has 0 heterocycles. The van der Waals surface area contributed by atoms with Crippen molar-refractivity contribution in [2.75, 3.05) is 0 Å². The second kappa shape index (κ2) is 6.24. The normalized spacial score (nSPS) is 23.7. The summed E-state index contributed by atoms with van der Waals surface area (Å²) < 4.78 is 5.40. The molecule has 1 fully saturated rings. The van der Waals surface area contributed by atoms with Crippen molar-refractivity contribution in [2.45, 2.75) is 50.3 Å². The van der Waals surface area contributed by atoms with E-state index in [1.165, 1.54) is 12.8 Å². The molecule has 1 aliphatic carbocycles. The summed E-state index contributed by atoms with van der Waals surface area (Å²) in [6.07, 6.45) is 4.91. The van der Waals surface area contributed by atoms with Crippen molar-refractivity contribution in [3.8, 4) is 5.75 Å². The highest BCUT2D eigenvalue weighted by Crippen LogP contribution is 2.40. The van der Waals surface area contributed by atoms with E-state index in [9.17, 15) is 4.79 Å². The number of para-hydroxylation sites is 1. The van der Waals surface area contributed by atoms with Gasteiger partial charge in [-0.3, -0.25) is 4.79 Å². The first-order chi connectivity index (χ1) is 8.72. The van der Waals surface area contributed by atoms with Gasteiger partial charge in [-0.05, 0) is 24.5 Å². The third-order valence-electron chi connectivity index (χ3n) is 3.51. The van der Waals surface area contributed by atoms with Crippen LogP contribution in [0.4, 0.5) is 0 Å². The van der Waals surface area contributed by atoms with Gasteiger partial charge in [-0.15, -0.1) is 11.6 Å².